The zero-order valence-corrected chi connectivity index (χ0v) is 15.2. The van der Waals surface area contributed by atoms with Gasteiger partial charge in [-0.2, -0.15) is 0 Å². The molecule has 2 rings (SSSR count). The Balaban J connectivity index is 1.83. The van der Waals surface area contributed by atoms with E-state index in [1.54, 1.807) is 11.8 Å². The van der Waals surface area contributed by atoms with Gasteiger partial charge in [-0.05, 0) is 56.9 Å². The van der Waals surface area contributed by atoms with E-state index in [2.05, 4.69) is 0 Å². The van der Waals surface area contributed by atoms with Crippen molar-refractivity contribution in [2.24, 2.45) is 5.92 Å². The number of rotatable bonds is 5. The number of halogens is 1. The van der Waals surface area contributed by atoms with Gasteiger partial charge in [0.1, 0.15) is 5.75 Å². The number of carbonyl (C=O) groups excluding carboxylic acids is 2. The SMILES string of the molecule is CCOC(=O)C1CCN(C(=O)COc2cc(C)c(Cl)c(C)c2)CC1. The summed E-state index contributed by atoms with van der Waals surface area (Å²) in [6, 6.07) is 3.66. The highest BCUT2D eigenvalue weighted by molar-refractivity contribution is 6.32. The number of esters is 1. The molecule has 0 bridgehead atoms. The molecule has 0 N–H and O–H groups in total. The van der Waals surface area contributed by atoms with Gasteiger partial charge in [-0.3, -0.25) is 9.59 Å². The maximum Gasteiger partial charge on any atom is 0.309 e. The molecule has 1 aromatic rings. The average Bonchev–Trinajstić information content (AvgIpc) is 2.57. The fraction of sp³-hybridized carbons (Fsp3) is 0.556. The highest BCUT2D eigenvalue weighted by Gasteiger charge is 2.28. The van der Waals surface area contributed by atoms with Crippen molar-refractivity contribution >= 4 is 23.5 Å². The van der Waals surface area contributed by atoms with Crippen LogP contribution < -0.4 is 4.74 Å². The largest absolute Gasteiger partial charge is 0.484 e. The summed E-state index contributed by atoms with van der Waals surface area (Å²) in [5.74, 6) is 0.316. The summed E-state index contributed by atoms with van der Waals surface area (Å²) in [6.45, 7) is 7.12. The lowest BCUT2D eigenvalue weighted by atomic mass is 9.97. The first-order chi connectivity index (χ1) is 11.4. The molecule has 0 aromatic heterocycles. The Morgan fingerprint density at radius 3 is 2.33 bits per heavy atom. The highest BCUT2D eigenvalue weighted by atomic mass is 35.5. The Morgan fingerprint density at radius 2 is 1.79 bits per heavy atom. The number of likely N-dealkylation sites (tertiary alicyclic amines) is 1. The number of carbonyl (C=O) groups is 2. The van der Waals surface area contributed by atoms with Crippen molar-refractivity contribution in [1.82, 2.24) is 4.90 Å². The van der Waals surface area contributed by atoms with Gasteiger partial charge in [-0.1, -0.05) is 11.6 Å². The van der Waals surface area contributed by atoms with E-state index in [1.165, 1.54) is 0 Å². The van der Waals surface area contributed by atoms with E-state index in [4.69, 9.17) is 21.1 Å². The summed E-state index contributed by atoms with van der Waals surface area (Å²) in [5, 5.41) is 0.717. The van der Waals surface area contributed by atoms with E-state index in [0.29, 0.717) is 38.3 Å². The van der Waals surface area contributed by atoms with Crippen LogP contribution in [0, 0.1) is 19.8 Å². The number of aryl methyl sites for hydroxylation is 2. The molecule has 0 unspecified atom stereocenters. The number of benzene rings is 1. The third kappa shape index (κ3) is 4.63. The zero-order valence-electron chi connectivity index (χ0n) is 14.4. The monoisotopic (exact) mass is 353 g/mol. The summed E-state index contributed by atoms with van der Waals surface area (Å²) >= 11 is 6.13. The summed E-state index contributed by atoms with van der Waals surface area (Å²) in [7, 11) is 0. The first-order valence-electron chi connectivity index (χ1n) is 8.26. The standard InChI is InChI=1S/C18H24ClNO4/c1-4-23-18(22)14-5-7-20(8-6-14)16(21)11-24-15-9-12(2)17(19)13(3)10-15/h9-10,14H,4-8,11H2,1-3H3. The third-order valence-electron chi connectivity index (χ3n) is 4.24. The molecule has 0 spiro atoms. The summed E-state index contributed by atoms with van der Waals surface area (Å²) in [4.78, 5) is 25.7. The molecule has 1 saturated heterocycles. The minimum absolute atomic E-state index is 0.00934. The van der Waals surface area contributed by atoms with Crippen molar-refractivity contribution in [2.75, 3.05) is 26.3 Å². The molecule has 6 heteroatoms. The van der Waals surface area contributed by atoms with E-state index in [-0.39, 0.29) is 24.4 Å². The Morgan fingerprint density at radius 1 is 1.21 bits per heavy atom. The first kappa shape index (κ1) is 18.6. The number of nitrogens with zero attached hydrogens (tertiary/aromatic N) is 1. The van der Waals surface area contributed by atoms with Crippen molar-refractivity contribution in [2.45, 2.75) is 33.6 Å². The molecule has 1 aromatic carbocycles. The van der Waals surface area contributed by atoms with Crippen LogP contribution in [0.1, 0.15) is 30.9 Å². The summed E-state index contributed by atoms with van der Waals surface area (Å²) in [6.07, 6.45) is 1.29. The number of amides is 1. The quantitative estimate of drug-likeness (QED) is 0.763. The van der Waals surface area contributed by atoms with Crippen LogP contribution in [0.5, 0.6) is 5.75 Å². The second-order valence-electron chi connectivity index (χ2n) is 6.07. The van der Waals surface area contributed by atoms with Gasteiger partial charge >= 0.3 is 5.97 Å². The van der Waals surface area contributed by atoms with Gasteiger partial charge in [0.25, 0.3) is 5.91 Å². The van der Waals surface area contributed by atoms with Crippen LogP contribution >= 0.6 is 11.6 Å². The first-order valence-corrected chi connectivity index (χ1v) is 8.64. The molecule has 5 nitrogen and oxygen atoms in total. The Labute approximate surface area is 147 Å². The van der Waals surface area contributed by atoms with E-state index in [0.717, 1.165) is 16.1 Å². The average molecular weight is 354 g/mol. The topological polar surface area (TPSA) is 55.8 Å². The molecule has 1 aliphatic heterocycles. The minimum Gasteiger partial charge on any atom is -0.484 e. The summed E-state index contributed by atoms with van der Waals surface area (Å²) in [5.41, 5.74) is 1.85. The molecular weight excluding hydrogens is 330 g/mol. The fourth-order valence-corrected chi connectivity index (χ4v) is 2.96. The van der Waals surface area contributed by atoms with Crippen LogP contribution in [0.2, 0.25) is 5.02 Å². The van der Waals surface area contributed by atoms with E-state index in [9.17, 15) is 9.59 Å². The molecule has 1 fully saturated rings. The van der Waals surface area contributed by atoms with Crippen molar-refractivity contribution in [3.8, 4) is 5.75 Å². The lowest BCUT2D eigenvalue weighted by molar-refractivity contribution is -0.151. The minimum atomic E-state index is -0.159. The van der Waals surface area contributed by atoms with Crippen molar-refractivity contribution in [3.63, 3.8) is 0 Å². The van der Waals surface area contributed by atoms with Crippen LogP contribution in [0.15, 0.2) is 12.1 Å². The number of ether oxygens (including phenoxy) is 2. The maximum absolute atomic E-state index is 12.3. The zero-order chi connectivity index (χ0) is 17.7. The van der Waals surface area contributed by atoms with Gasteiger partial charge in [-0.25, -0.2) is 0 Å². The van der Waals surface area contributed by atoms with Crippen LogP contribution in [0.25, 0.3) is 0 Å². The van der Waals surface area contributed by atoms with Gasteiger partial charge in [0, 0.05) is 18.1 Å². The van der Waals surface area contributed by atoms with E-state index >= 15 is 0 Å². The van der Waals surface area contributed by atoms with E-state index < -0.39 is 0 Å². The lowest BCUT2D eigenvalue weighted by Gasteiger charge is -2.30. The smallest absolute Gasteiger partial charge is 0.309 e. The van der Waals surface area contributed by atoms with Crippen LogP contribution in [-0.2, 0) is 14.3 Å². The molecule has 24 heavy (non-hydrogen) atoms. The van der Waals surface area contributed by atoms with Crippen molar-refractivity contribution in [1.29, 1.82) is 0 Å². The molecule has 0 radical (unpaired) electrons. The fourth-order valence-electron chi connectivity index (χ4n) is 2.85. The molecule has 0 atom stereocenters. The van der Waals surface area contributed by atoms with E-state index in [1.807, 2.05) is 26.0 Å². The van der Waals surface area contributed by atoms with Gasteiger partial charge in [-0.15, -0.1) is 0 Å². The normalized spacial score (nSPS) is 15.2. The van der Waals surface area contributed by atoms with Gasteiger partial charge < -0.3 is 14.4 Å². The summed E-state index contributed by atoms with van der Waals surface area (Å²) < 4.78 is 10.6. The molecule has 132 valence electrons. The Hall–Kier alpha value is -1.75. The predicted octanol–water partition coefficient (Wildman–Crippen LogP) is 3.14. The van der Waals surface area contributed by atoms with Crippen LogP contribution in [0.4, 0.5) is 0 Å². The Kier molecular flexibility index (Phi) is 6.49. The molecule has 0 aliphatic carbocycles. The number of hydrogen-bond donors (Lipinski definition) is 0. The predicted molar refractivity (Wildman–Crippen MR) is 92.4 cm³/mol. The lowest BCUT2D eigenvalue weighted by Crippen LogP contribution is -2.42. The molecule has 1 aliphatic rings. The second-order valence-corrected chi connectivity index (χ2v) is 6.44. The van der Waals surface area contributed by atoms with Crippen LogP contribution in [0.3, 0.4) is 0 Å². The molecular formula is C18H24ClNO4. The third-order valence-corrected chi connectivity index (χ3v) is 4.84. The number of piperidine rings is 1. The molecule has 0 saturated carbocycles. The maximum atomic E-state index is 12.3. The number of hydrogen-bond acceptors (Lipinski definition) is 4. The van der Waals surface area contributed by atoms with Crippen LogP contribution in [-0.4, -0.2) is 43.1 Å². The van der Waals surface area contributed by atoms with Gasteiger partial charge in [0.05, 0.1) is 12.5 Å². The van der Waals surface area contributed by atoms with Gasteiger partial charge in [0.15, 0.2) is 6.61 Å². The van der Waals surface area contributed by atoms with Gasteiger partial charge in [0.2, 0.25) is 0 Å². The second kappa shape index (κ2) is 8.38. The Bertz CT molecular complexity index is 586. The molecule has 1 heterocycles. The van der Waals surface area contributed by atoms with Crippen molar-refractivity contribution in [3.05, 3.63) is 28.3 Å². The van der Waals surface area contributed by atoms with Crippen molar-refractivity contribution < 1.29 is 19.1 Å². The molecule has 1 amide bonds. The highest BCUT2D eigenvalue weighted by Crippen LogP contribution is 2.26.